The van der Waals surface area contributed by atoms with Crippen molar-refractivity contribution in [3.63, 3.8) is 0 Å². The first kappa shape index (κ1) is 26.5. The van der Waals surface area contributed by atoms with E-state index in [1.807, 2.05) is 0 Å². The Balaban J connectivity index is -0.000000276. The van der Waals surface area contributed by atoms with E-state index in [0.717, 1.165) is 0 Å². The van der Waals surface area contributed by atoms with E-state index in [9.17, 15) is 19.2 Å². The summed E-state index contributed by atoms with van der Waals surface area (Å²) < 4.78 is 4.18. The van der Waals surface area contributed by atoms with E-state index in [-0.39, 0.29) is 19.1 Å². The van der Waals surface area contributed by atoms with E-state index in [1.54, 1.807) is 20.8 Å². The van der Waals surface area contributed by atoms with Crippen LogP contribution in [0.25, 0.3) is 0 Å². The number of hydrogen-bond donors (Lipinski definition) is 3. The van der Waals surface area contributed by atoms with Crippen LogP contribution in [0.5, 0.6) is 0 Å². The van der Waals surface area contributed by atoms with Crippen LogP contribution in [0.15, 0.2) is 0 Å². The second-order valence-corrected chi connectivity index (χ2v) is 4.79. The summed E-state index contributed by atoms with van der Waals surface area (Å²) in [5.41, 5.74) is 4.92. The number of carbonyl (C=O) groups excluding carboxylic acids is 4. The number of Topliss-reactive ketones (excluding diaryl/α,β-unsaturated/α-hetero) is 2. The third-order valence-corrected chi connectivity index (χ3v) is 2.11. The van der Waals surface area contributed by atoms with Gasteiger partial charge >= 0.3 is 11.2 Å². The molecule has 0 radical (unpaired) electrons. The number of halogens is 1. The van der Waals surface area contributed by atoms with Crippen molar-refractivity contribution < 1.29 is 34.1 Å². The van der Waals surface area contributed by atoms with Crippen molar-refractivity contribution in [3.8, 4) is 0 Å². The third kappa shape index (κ3) is 25.9. The molecule has 2 atom stereocenters. The minimum Gasteiger partial charge on any atom is -0.459 e. The summed E-state index contributed by atoms with van der Waals surface area (Å²) in [4.78, 5) is 40.8. The van der Waals surface area contributed by atoms with Crippen LogP contribution in [0.3, 0.4) is 0 Å². The first-order valence-corrected chi connectivity index (χ1v) is 7.33. The lowest BCUT2D eigenvalue weighted by atomic mass is 10.1. The van der Waals surface area contributed by atoms with E-state index in [1.165, 1.54) is 6.92 Å². The highest BCUT2D eigenvalue weighted by atomic mass is 35.5. The summed E-state index contributed by atoms with van der Waals surface area (Å²) in [6.45, 7) is 6.62. The normalized spacial score (nSPS) is 11.7. The van der Waals surface area contributed by atoms with Gasteiger partial charge in [-0.1, -0.05) is 0 Å². The fraction of sp³-hybridized carbons (Fsp3) is 0.714. The van der Waals surface area contributed by atoms with Gasteiger partial charge in [0.1, 0.15) is 0 Å². The molecule has 0 fully saturated rings. The molecule has 0 aromatic carbocycles. The Labute approximate surface area is 140 Å². The number of carbonyl (C=O) groups is 4. The van der Waals surface area contributed by atoms with Crippen LogP contribution in [0.1, 0.15) is 40.5 Å². The van der Waals surface area contributed by atoms with Crippen molar-refractivity contribution in [1.82, 2.24) is 0 Å². The zero-order valence-electron chi connectivity index (χ0n) is 13.9. The van der Waals surface area contributed by atoms with Crippen LogP contribution < -0.4 is 5.73 Å². The van der Waals surface area contributed by atoms with E-state index in [2.05, 4.69) is 4.74 Å². The van der Waals surface area contributed by atoms with Gasteiger partial charge < -0.3 is 20.7 Å². The van der Waals surface area contributed by atoms with E-state index < -0.39 is 28.9 Å². The van der Waals surface area contributed by atoms with Crippen LogP contribution in [-0.4, -0.2) is 58.4 Å². The fourth-order valence-corrected chi connectivity index (χ4v) is 0.758. The molecule has 2 unspecified atom stereocenters. The van der Waals surface area contributed by atoms with Gasteiger partial charge in [-0.25, -0.2) is 4.79 Å². The first-order chi connectivity index (χ1) is 10.5. The lowest BCUT2D eigenvalue weighted by Crippen LogP contribution is -2.14. The van der Waals surface area contributed by atoms with Gasteiger partial charge in [-0.3, -0.25) is 14.4 Å². The number of ketones is 2. The summed E-state index contributed by atoms with van der Waals surface area (Å²) in [6, 6.07) is 0. The highest BCUT2D eigenvalue weighted by Crippen LogP contribution is 1.96. The van der Waals surface area contributed by atoms with Gasteiger partial charge in [-0.05, 0) is 38.8 Å². The standard InChI is InChI=1S/C7H12O3.C4H5ClO3.C3H9NO/c1-5(8)3-4-7(10)6(2)9;1-2-8-4(7)3(5)6;1-3(5)2-4/h5,8H,3-4H2,1-2H3;2H2,1H3;3,5H,2,4H2,1H3. The molecule has 0 aliphatic heterocycles. The molecule has 0 saturated heterocycles. The summed E-state index contributed by atoms with van der Waals surface area (Å²) >= 11 is 4.69. The number of aliphatic hydroxyl groups excluding tert-OH is 2. The van der Waals surface area contributed by atoms with Gasteiger partial charge in [0.2, 0.25) is 0 Å². The molecule has 4 N–H and O–H groups in total. The largest absolute Gasteiger partial charge is 0.459 e. The minimum absolute atomic E-state index is 0.160. The molecule has 9 heteroatoms. The van der Waals surface area contributed by atoms with Crippen LogP contribution in [0.2, 0.25) is 0 Å². The molecule has 0 aromatic heterocycles. The van der Waals surface area contributed by atoms with Crippen molar-refractivity contribution >= 4 is 34.4 Å². The SMILES string of the molecule is CC(=O)C(=O)CCC(C)O.CC(O)CN.CCOC(=O)C(=O)Cl. The molecule has 8 nitrogen and oxygen atoms in total. The van der Waals surface area contributed by atoms with Crippen molar-refractivity contribution in [3.05, 3.63) is 0 Å². The van der Waals surface area contributed by atoms with Gasteiger partial charge in [0.25, 0.3) is 0 Å². The number of rotatable bonds is 7. The highest BCUT2D eigenvalue weighted by molar-refractivity contribution is 6.80. The molecule has 0 spiro atoms. The maximum Gasteiger partial charge on any atom is 0.391 e. The van der Waals surface area contributed by atoms with Crippen LogP contribution >= 0.6 is 11.6 Å². The van der Waals surface area contributed by atoms with E-state index >= 15 is 0 Å². The second kappa shape index (κ2) is 17.0. The lowest BCUT2D eigenvalue weighted by molar-refractivity contribution is -0.149. The molecular formula is C14H26ClNO7. The van der Waals surface area contributed by atoms with Gasteiger partial charge in [0.15, 0.2) is 11.6 Å². The number of ether oxygens (including phenoxy) is 1. The molecular weight excluding hydrogens is 330 g/mol. The monoisotopic (exact) mass is 355 g/mol. The van der Waals surface area contributed by atoms with Crippen molar-refractivity contribution in [1.29, 1.82) is 0 Å². The topological polar surface area (TPSA) is 144 Å². The van der Waals surface area contributed by atoms with Crippen LogP contribution in [0.4, 0.5) is 0 Å². The molecule has 0 rings (SSSR count). The summed E-state index contributed by atoms with van der Waals surface area (Å²) in [7, 11) is 0. The van der Waals surface area contributed by atoms with Crippen LogP contribution in [-0.2, 0) is 23.9 Å². The zero-order valence-corrected chi connectivity index (χ0v) is 14.6. The maximum absolute atomic E-state index is 10.6. The fourth-order valence-electron chi connectivity index (χ4n) is 0.704. The smallest absolute Gasteiger partial charge is 0.391 e. The average Bonchev–Trinajstić information content (AvgIpc) is 2.45. The summed E-state index contributed by atoms with van der Waals surface area (Å²) in [5.74, 6) is -1.82. The van der Waals surface area contributed by atoms with Gasteiger partial charge in [-0.2, -0.15) is 0 Å². The van der Waals surface area contributed by atoms with E-state index in [0.29, 0.717) is 13.0 Å². The molecule has 0 amide bonds. The molecule has 136 valence electrons. The Hall–Kier alpha value is -1.35. The second-order valence-electron chi connectivity index (χ2n) is 4.45. The minimum atomic E-state index is -1.08. The van der Waals surface area contributed by atoms with Crippen molar-refractivity contribution in [2.24, 2.45) is 5.73 Å². The molecule has 23 heavy (non-hydrogen) atoms. The Kier molecular flexibility index (Phi) is 19.6. The molecule has 0 bridgehead atoms. The lowest BCUT2D eigenvalue weighted by Gasteiger charge is -1.99. The Bertz CT molecular complexity index is 370. The zero-order chi connectivity index (χ0) is 19.0. The summed E-state index contributed by atoms with van der Waals surface area (Å²) in [6.07, 6.45) is -0.302. The van der Waals surface area contributed by atoms with Gasteiger partial charge in [0, 0.05) is 19.9 Å². The number of esters is 1. The maximum atomic E-state index is 10.6. The molecule has 0 heterocycles. The summed E-state index contributed by atoms with van der Waals surface area (Å²) in [5, 5.41) is 15.9. The Morgan fingerprint density at radius 2 is 1.57 bits per heavy atom. The van der Waals surface area contributed by atoms with Crippen molar-refractivity contribution in [2.45, 2.75) is 52.7 Å². The van der Waals surface area contributed by atoms with Gasteiger partial charge in [-0.15, -0.1) is 0 Å². The molecule has 0 aliphatic rings. The number of aliphatic hydroxyl groups is 2. The van der Waals surface area contributed by atoms with E-state index in [4.69, 9.17) is 27.5 Å². The predicted molar refractivity (Wildman–Crippen MR) is 84.8 cm³/mol. The average molecular weight is 356 g/mol. The Morgan fingerprint density at radius 3 is 1.74 bits per heavy atom. The Morgan fingerprint density at radius 1 is 1.13 bits per heavy atom. The molecule has 0 aromatic rings. The molecule has 0 saturated carbocycles. The van der Waals surface area contributed by atoms with Crippen molar-refractivity contribution in [2.75, 3.05) is 13.2 Å². The van der Waals surface area contributed by atoms with Crippen LogP contribution in [0, 0.1) is 0 Å². The predicted octanol–water partition coefficient (Wildman–Crippen LogP) is -0.0537. The molecule has 0 aliphatic carbocycles. The first-order valence-electron chi connectivity index (χ1n) is 6.95. The highest BCUT2D eigenvalue weighted by Gasteiger charge is 2.09. The number of nitrogens with two attached hydrogens (primary N) is 1. The third-order valence-electron chi connectivity index (χ3n) is 1.96. The quantitative estimate of drug-likeness (QED) is 0.327. The number of hydrogen-bond acceptors (Lipinski definition) is 8. The van der Waals surface area contributed by atoms with Gasteiger partial charge in [0.05, 0.1) is 18.8 Å².